The van der Waals surface area contributed by atoms with Gasteiger partial charge < -0.3 is 10.2 Å². The maximum absolute atomic E-state index is 6.15. The van der Waals surface area contributed by atoms with Crippen molar-refractivity contribution in [1.29, 1.82) is 0 Å². The minimum absolute atomic E-state index is 0.738. The first-order chi connectivity index (χ1) is 9.08. The largest absolute Gasteiger partial charge is 0.381 e. The molecule has 2 aromatic carbocycles. The molecule has 0 saturated heterocycles. The van der Waals surface area contributed by atoms with Crippen LogP contribution in [0.5, 0.6) is 0 Å². The van der Waals surface area contributed by atoms with E-state index < -0.39 is 0 Å². The van der Waals surface area contributed by atoms with Crippen molar-refractivity contribution >= 4 is 23.0 Å². The van der Waals surface area contributed by atoms with Crippen molar-refractivity contribution < 1.29 is 0 Å². The molecule has 1 N–H and O–H groups in total. The van der Waals surface area contributed by atoms with Crippen LogP contribution in [0.4, 0.5) is 11.4 Å². The van der Waals surface area contributed by atoms with E-state index in [1.807, 2.05) is 38.4 Å². The van der Waals surface area contributed by atoms with Gasteiger partial charge in [0.15, 0.2) is 0 Å². The van der Waals surface area contributed by atoms with Gasteiger partial charge in [-0.25, -0.2) is 0 Å². The summed E-state index contributed by atoms with van der Waals surface area (Å²) in [6, 6.07) is 14.3. The molecule has 0 radical (unpaired) electrons. The molecular formula is C16H19ClN2. The van der Waals surface area contributed by atoms with Gasteiger partial charge in [-0.1, -0.05) is 29.8 Å². The third kappa shape index (κ3) is 3.42. The predicted octanol–water partition coefficient (Wildman–Crippen LogP) is 4.33. The van der Waals surface area contributed by atoms with Crippen LogP contribution in [0, 0.1) is 6.92 Å². The molecule has 0 spiro atoms. The summed E-state index contributed by atoms with van der Waals surface area (Å²) in [4.78, 5) is 2.10. The van der Waals surface area contributed by atoms with Crippen LogP contribution in [0.1, 0.15) is 11.1 Å². The molecule has 0 aliphatic heterocycles. The lowest BCUT2D eigenvalue weighted by Crippen LogP contribution is -2.09. The van der Waals surface area contributed by atoms with Crippen LogP contribution in [0.3, 0.4) is 0 Å². The van der Waals surface area contributed by atoms with Crippen molar-refractivity contribution in [2.24, 2.45) is 0 Å². The second kappa shape index (κ2) is 5.98. The summed E-state index contributed by atoms with van der Waals surface area (Å²) in [5.41, 5.74) is 4.70. The topological polar surface area (TPSA) is 15.3 Å². The Balaban J connectivity index is 2.10. The first-order valence-corrected chi connectivity index (χ1v) is 6.71. The van der Waals surface area contributed by atoms with Gasteiger partial charge in [-0.15, -0.1) is 0 Å². The summed E-state index contributed by atoms with van der Waals surface area (Å²) < 4.78 is 0. The van der Waals surface area contributed by atoms with Crippen molar-refractivity contribution in [2.75, 3.05) is 24.3 Å². The van der Waals surface area contributed by atoms with Gasteiger partial charge in [-0.05, 0) is 42.3 Å². The highest BCUT2D eigenvalue weighted by Crippen LogP contribution is 2.23. The first kappa shape index (κ1) is 13.8. The Kier molecular flexibility index (Phi) is 4.33. The Bertz CT molecular complexity index is 564. The van der Waals surface area contributed by atoms with Crippen molar-refractivity contribution in [3.63, 3.8) is 0 Å². The van der Waals surface area contributed by atoms with Crippen LogP contribution in [-0.2, 0) is 6.54 Å². The second-order valence-electron chi connectivity index (χ2n) is 4.84. The van der Waals surface area contributed by atoms with Gasteiger partial charge in [0.1, 0.15) is 0 Å². The van der Waals surface area contributed by atoms with Gasteiger partial charge in [0.05, 0.1) is 0 Å². The van der Waals surface area contributed by atoms with Gasteiger partial charge in [-0.3, -0.25) is 0 Å². The fourth-order valence-electron chi connectivity index (χ4n) is 1.96. The number of aryl methyl sites for hydroxylation is 1. The summed E-state index contributed by atoms with van der Waals surface area (Å²) in [7, 11) is 4.09. The molecule has 0 unspecified atom stereocenters. The average Bonchev–Trinajstić information content (AvgIpc) is 2.39. The zero-order chi connectivity index (χ0) is 13.8. The molecule has 0 amide bonds. The highest BCUT2D eigenvalue weighted by atomic mass is 35.5. The molecular weight excluding hydrogens is 256 g/mol. The van der Waals surface area contributed by atoms with Gasteiger partial charge in [0.2, 0.25) is 0 Å². The van der Waals surface area contributed by atoms with Gasteiger partial charge in [-0.2, -0.15) is 0 Å². The van der Waals surface area contributed by atoms with E-state index in [2.05, 4.69) is 35.3 Å². The van der Waals surface area contributed by atoms with E-state index >= 15 is 0 Å². The third-order valence-electron chi connectivity index (χ3n) is 3.15. The molecule has 0 aromatic heterocycles. The highest BCUT2D eigenvalue weighted by molar-refractivity contribution is 6.31. The summed E-state index contributed by atoms with van der Waals surface area (Å²) >= 11 is 6.15. The Hall–Kier alpha value is -1.67. The molecule has 3 heteroatoms. The molecule has 0 saturated carbocycles. The van der Waals surface area contributed by atoms with Crippen molar-refractivity contribution in [3.05, 3.63) is 58.6 Å². The Morgan fingerprint density at radius 2 is 1.84 bits per heavy atom. The fraction of sp³-hybridized carbons (Fsp3) is 0.250. The van der Waals surface area contributed by atoms with E-state index in [1.165, 1.54) is 11.3 Å². The maximum Gasteiger partial charge on any atom is 0.0455 e. The van der Waals surface area contributed by atoms with Crippen molar-refractivity contribution in [3.8, 4) is 0 Å². The summed E-state index contributed by atoms with van der Waals surface area (Å²) in [6.07, 6.45) is 0. The Labute approximate surface area is 120 Å². The lowest BCUT2D eigenvalue weighted by atomic mass is 10.1. The highest BCUT2D eigenvalue weighted by Gasteiger charge is 2.03. The Morgan fingerprint density at radius 1 is 1.11 bits per heavy atom. The number of nitrogens with one attached hydrogen (secondary N) is 1. The van der Waals surface area contributed by atoms with Crippen LogP contribution in [0.15, 0.2) is 42.5 Å². The maximum atomic E-state index is 6.15. The fourth-order valence-corrected chi connectivity index (χ4v) is 2.16. The summed E-state index contributed by atoms with van der Waals surface area (Å²) in [5.74, 6) is 0. The zero-order valence-electron chi connectivity index (χ0n) is 11.6. The van der Waals surface area contributed by atoms with Gasteiger partial charge >= 0.3 is 0 Å². The predicted molar refractivity (Wildman–Crippen MR) is 84.3 cm³/mol. The zero-order valence-corrected chi connectivity index (χ0v) is 12.3. The number of halogens is 1. The minimum Gasteiger partial charge on any atom is -0.381 e. The van der Waals surface area contributed by atoms with E-state index in [9.17, 15) is 0 Å². The molecule has 0 atom stereocenters. The first-order valence-electron chi connectivity index (χ1n) is 6.33. The number of nitrogens with zero attached hydrogens (tertiary/aromatic N) is 1. The van der Waals surface area contributed by atoms with Crippen LogP contribution in [0.2, 0.25) is 5.02 Å². The molecule has 0 fully saturated rings. The van der Waals surface area contributed by atoms with E-state index in [0.29, 0.717) is 0 Å². The molecule has 100 valence electrons. The molecule has 2 aromatic rings. The smallest absolute Gasteiger partial charge is 0.0455 e. The number of hydrogen-bond acceptors (Lipinski definition) is 2. The van der Waals surface area contributed by atoms with Crippen LogP contribution in [0.25, 0.3) is 0 Å². The van der Waals surface area contributed by atoms with Crippen molar-refractivity contribution in [2.45, 2.75) is 13.5 Å². The second-order valence-corrected chi connectivity index (χ2v) is 5.25. The quantitative estimate of drug-likeness (QED) is 0.893. The number of benzene rings is 2. The number of rotatable bonds is 4. The number of hydrogen-bond donors (Lipinski definition) is 1. The SMILES string of the molecule is Cc1cc(N(C)C)ccc1NCc1ccccc1Cl. The molecule has 2 nitrogen and oxygen atoms in total. The van der Waals surface area contributed by atoms with E-state index in [4.69, 9.17) is 11.6 Å². The molecule has 0 aliphatic rings. The lowest BCUT2D eigenvalue weighted by molar-refractivity contribution is 1.11. The van der Waals surface area contributed by atoms with Crippen LogP contribution < -0.4 is 10.2 Å². The van der Waals surface area contributed by atoms with Crippen LogP contribution >= 0.6 is 11.6 Å². The molecule has 0 heterocycles. The van der Waals surface area contributed by atoms with E-state index in [1.54, 1.807) is 0 Å². The standard InChI is InChI=1S/C16H19ClN2/c1-12-10-14(19(2)3)8-9-16(12)18-11-13-6-4-5-7-15(13)17/h4-10,18H,11H2,1-3H3. The van der Waals surface area contributed by atoms with Crippen LogP contribution in [-0.4, -0.2) is 14.1 Å². The molecule has 19 heavy (non-hydrogen) atoms. The molecule has 2 rings (SSSR count). The molecule has 0 bridgehead atoms. The minimum atomic E-state index is 0.738. The number of anilines is 2. The van der Waals surface area contributed by atoms with E-state index in [-0.39, 0.29) is 0 Å². The third-order valence-corrected chi connectivity index (χ3v) is 3.52. The normalized spacial score (nSPS) is 10.3. The van der Waals surface area contributed by atoms with Crippen molar-refractivity contribution in [1.82, 2.24) is 0 Å². The summed E-state index contributed by atoms with van der Waals surface area (Å²) in [5, 5.41) is 4.24. The lowest BCUT2D eigenvalue weighted by Gasteiger charge is -2.16. The monoisotopic (exact) mass is 274 g/mol. The average molecular weight is 275 g/mol. The van der Waals surface area contributed by atoms with Gasteiger partial charge in [0.25, 0.3) is 0 Å². The molecule has 0 aliphatic carbocycles. The summed E-state index contributed by atoms with van der Waals surface area (Å²) in [6.45, 7) is 2.85. The van der Waals surface area contributed by atoms with E-state index in [0.717, 1.165) is 22.8 Å². The Morgan fingerprint density at radius 3 is 2.47 bits per heavy atom. The van der Waals surface area contributed by atoms with Gasteiger partial charge in [0, 0.05) is 37.0 Å².